The summed E-state index contributed by atoms with van der Waals surface area (Å²) in [5.41, 5.74) is 1.54. The molecule has 0 saturated carbocycles. The van der Waals surface area contributed by atoms with Crippen LogP contribution in [0.15, 0.2) is 18.2 Å². The van der Waals surface area contributed by atoms with E-state index in [1.165, 1.54) is 12.8 Å². The highest BCUT2D eigenvalue weighted by molar-refractivity contribution is 5.89. The summed E-state index contributed by atoms with van der Waals surface area (Å²) in [6.45, 7) is 5.96. The molecule has 0 aliphatic heterocycles. The highest BCUT2D eigenvalue weighted by Gasteiger charge is 2.09. The van der Waals surface area contributed by atoms with E-state index < -0.39 is 0 Å². The van der Waals surface area contributed by atoms with Gasteiger partial charge in [-0.1, -0.05) is 19.8 Å². The lowest BCUT2D eigenvalue weighted by atomic mass is 10.1. The monoisotopic (exact) mass is 308 g/mol. The Kier molecular flexibility index (Phi) is 9.31. The van der Waals surface area contributed by atoms with E-state index in [4.69, 9.17) is 14.2 Å². The molecular formula is C18H28O4. The zero-order valence-corrected chi connectivity index (χ0v) is 14.0. The number of hydrogen-bond acceptors (Lipinski definition) is 4. The third kappa shape index (κ3) is 6.94. The van der Waals surface area contributed by atoms with E-state index >= 15 is 0 Å². The minimum absolute atomic E-state index is 0.280. The van der Waals surface area contributed by atoms with Crippen molar-refractivity contribution >= 4 is 5.97 Å². The number of unbranched alkanes of at least 4 members (excludes halogenated alkanes) is 3. The first-order valence-corrected chi connectivity index (χ1v) is 8.08. The van der Waals surface area contributed by atoms with Gasteiger partial charge >= 0.3 is 5.97 Å². The Balaban J connectivity index is 2.41. The number of ether oxygens (including phenoxy) is 3. The number of esters is 1. The van der Waals surface area contributed by atoms with Crippen LogP contribution >= 0.6 is 0 Å². The summed E-state index contributed by atoms with van der Waals surface area (Å²) in [7, 11) is 1.67. The van der Waals surface area contributed by atoms with Crippen LogP contribution in [0.4, 0.5) is 0 Å². The van der Waals surface area contributed by atoms with Crippen molar-refractivity contribution in [2.24, 2.45) is 0 Å². The van der Waals surface area contributed by atoms with Gasteiger partial charge < -0.3 is 14.2 Å². The van der Waals surface area contributed by atoms with Crippen LogP contribution in [0.5, 0.6) is 5.75 Å². The largest absolute Gasteiger partial charge is 0.493 e. The Hall–Kier alpha value is -1.55. The maximum absolute atomic E-state index is 11.9. The summed E-state index contributed by atoms with van der Waals surface area (Å²) in [6.07, 6.45) is 5.12. The van der Waals surface area contributed by atoms with E-state index in [0.717, 1.165) is 37.2 Å². The number of benzene rings is 1. The van der Waals surface area contributed by atoms with Crippen molar-refractivity contribution in [2.45, 2.75) is 46.0 Å². The van der Waals surface area contributed by atoms with Crippen molar-refractivity contribution in [1.82, 2.24) is 0 Å². The molecule has 0 aliphatic carbocycles. The van der Waals surface area contributed by atoms with Gasteiger partial charge in [0.1, 0.15) is 5.75 Å². The average Bonchev–Trinajstić information content (AvgIpc) is 2.52. The van der Waals surface area contributed by atoms with Gasteiger partial charge in [-0.2, -0.15) is 0 Å². The molecule has 0 fully saturated rings. The predicted octanol–water partition coefficient (Wildman–Crippen LogP) is 4.15. The van der Waals surface area contributed by atoms with Gasteiger partial charge in [0.2, 0.25) is 0 Å². The average molecular weight is 308 g/mol. The van der Waals surface area contributed by atoms with Crippen LogP contribution < -0.4 is 4.74 Å². The highest BCUT2D eigenvalue weighted by atomic mass is 16.5. The molecule has 0 bridgehead atoms. The highest BCUT2D eigenvalue weighted by Crippen LogP contribution is 2.20. The molecule has 0 atom stereocenters. The molecule has 1 rings (SSSR count). The van der Waals surface area contributed by atoms with Crippen molar-refractivity contribution in [3.8, 4) is 5.75 Å². The van der Waals surface area contributed by atoms with Gasteiger partial charge in [0.05, 0.1) is 18.8 Å². The molecule has 0 spiro atoms. The van der Waals surface area contributed by atoms with E-state index in [9.17, 15) is 4.79 Å². The normalized spacial score (nSPS) is 10.5. The number of aryl methyl sites for hydroxylation is 1. The van der Waals surface area contributed by atoms with Crippen molar-refractivity contribution < 1.29 is 19.0 Å². The molecule has 124 valence electrons. The van der Waals surface area contributed by atoms with E-state index in [1.807, 2.05) is 19.1 Å². The summed E-state index contributed by atoms with van der Waals surface area (Å²) in [4.78, 5) is 11.9. The van der Waals surface area contributed by atoms with Gasteiger partial charge in [-0.25, -0.2) is 4.79 Å². The molecule has 0 aromatic heterocycles. The summed E-state index contributed by atoms with van der Waals surface area (Å²) < 4.78 is 15.9. The minimum Gasteiger partial charge on any atom is -0.493 e. The van der Waals surface area contributed by atoms with Gasteiger partial charge in [-0.15, -0.1) is 0 Å². The Bertz CT molecular complexity index is 443. The standard InChI is InChI=1S/C18H28O4/c1-4-5-6-12-21-17-10-9-16(14-15(17)2)18(19)22-13-8-7-11-20-3/h9-10,14H,4-8,11-13H2,1-3H3. The number of methoxy groups -OCH3 is 1. The third-order valence-electron chi connectivity index (χ3n) is 3.39. The zero-order valence-electron chi connectivity index (χ0n) is 14.0. The van der Waals surface area contributed by atoms with E-state index in [1.54, 1.807) is 13.2 Å². The first kappa shape index (κ1) is 18.5. The van der Waals surface area contributed by atoms with Crippen LogP contribution in [0.3, 0.4) is 0 Å². The van der Waals surface area contributed by atoms with Crippen LogP contribution in [0.2, 0.25) is 0 Å². The number of carbonyl (C=O) groups is 1. The molecule has 22 heavy (non-hydrogen) atoms. The van der Waals surface area contributed by atoms with Crippen molar-refractivity contribution in [1.29, 1.82) is 0 Å². The minimum atomic E-state index is -0.280. The maximum atomic E-state index is 11.9. The molecule has 1 aromatic rings. The summed E-state index contributed by atoms with van der Waals surface area (Å²) >= 11 is 0. The predicted molar refractivity (Wildman–Crippen MR) is 87.6 cm³/mol. The molecule has 0 amide bonds. The molecular weight excluding hydrogens is 280 g/mol. The molecule has 0 saturated heterocycles. The lowest BCUT2D eigenvalue weighted by molar-refractivity contribution is 0.0489. The fourth-order valence-corrected chi connectivity index (χ4v) is 2.07. The van der Waals surface area contributed by atoms with Crippen molar-refractivity contribution in [2.75, 3.05) is 26.9 Å². The van der Waals surface area contributed by atoms with Crippen molar-refractivity contribution in [3.63, 3.8) is 0 Å². The third-order valence-corrected chi connectivity index (χ3v) is 3.39. The number of hydrogen-bond donors (Lipinski definition) is 0. The van der Waals surface area contributed by atoms with Gasteiger partial charge in [0, 0.05) is 13.7 Å². The second kappa shape index (κ2) is 11.1. The number of carbonyl (C=O) groups excluding carboxylic acids is 1. The Labute approximate surface area is 133 Å². The van der Waals surface area contributed by atoms with Crippen LogP contribution in [0.1, 0.15) is 54.9 Å². The van der Waals surface area contributed by atoms with Crippen LogP contribution in [-0.4, -0.2) is 32.9 Å². The molecule has 0 radical (unpaired) electrons. The number of rotatable bonds is 11. The maximum Gasteiger partial charge on any atom is 0.338 e. The molecule has 4 heteroatoms. The molecule has 4 nitrogen and oxygen atoms in total. The van der Waals surface area contributed by atoms with Crippen LogP contribution in [-0.2, 0) is 9.47 Å². The fraction of sp³-hybridized carbons (Fsp3) is 0.611. The van der Waals surface area contributed by atoms with Gasteiger partial charge in [0.25, 0.3) is 0 Å². The quantitative estimate of drug-likeness (QED) is 0.455. The van der Waals surface area contributed by atoms with E-state index in [-0.39, 0.29) is 5.97 Å². The summed E-state index contributed by atoms with van der Waals surface area (Å²) in [5.74, 6) is 0.561. The molecule has 0 heterocycles. The zero-order chi connectivity index (χ0) is 16.2. The first-order chi connectivity index (χ1) is 10.7. The van der Waals surface area contributed by atoms with E-state index in [0.29, 0.717) is 18.8 Å². The molecule has 0 N–H and O–H groups in total. The molecule has 0 unspecified atom stereocenters. The first-order valence-electron chi connectivity index (χ1n) is 8.08. The Morgan fingerprint density at radius 1 is 1.05 bits per heavy atom. The summed E-state index contributed by atoms with van der Waals surface area (Å²) in [5, 5.41) is 0. The smallest absolute Gasteiger partial charge is 0.338 e. The molecule has 1 aromatic carbocycles. The lowest BCUT2D eigenvalue weighted by Crippen LogP contribution is -2.08. The second-order valence-electron chi connectivity index (χ2n) is 5.37. The lowest BCUT2D eigenvalue weighted by Gasteiger charge is -2.10. The SMILES string of the molecule is CCCCCOc1ccc(C(=O)OCCCCOC)cc1C. The van der Waals surface area contributed by atoms with Crippen LogP contribution in [0, 0.1) is 6.92 Å². The topological polar surface area (TPSA) is 44.8 Å². The van der Waals surface area contributed by atoms with Gasteiger partial charge in [-0.05, 0) is 49.9 Å². The van der Waals surface area contributed by atoms with Gasteiger partial charge in [-0.3, -0.25) is 0 Å². The van der Waals surface area contributed by atoms with Gasteiger partial charge in [0.15, 0.2) is 0 Å². The fourth-order valence-electron chi connectivity index (χ4n) is 2.07. The Morgan fingerprint density at radius 2 is 1.77 bits per heavy atom. The second-order valence-corrected chi connectivity index (χ2v) is 5.37. The van der Waals surface area contributed by atoms with E-state index in [2.05, 4.69) is 6.92 Å². The Morgan fingerprint density at radius 3 is 2.45 bits per heavy atom. The van der Waals surface area contributed by atoms with Crippen molar-refractivity contribution in [3.05, 3.63) is 29.3 Å². The molecule has 0 aliphatic rings. The summed E-state index contributed by atoms with van der Waals surface area (Å²) in [6, 6.07) is 5.44. The van der Waals surface area contributed by atoms with Crippen LogP contribution in [0.25, 0.3) is 0 Å².